The molecule has 1 aliphatic carbocycles. The molecule has 4 atom stereocenters. The lowest BCUT2D eigenvalue weighted by Crippen LogP contribution is -2.58. The van der Waals surface area contributed by atoms with Crippen LogP contribution < -0.4 is 5.73 Å². The van der Waals surface area contributed by atoms with E-state index in [-0.39, 0.29) is 18.3 Å². The average Bonchev–Trinajstić information content (AvgIpc) is 3.21. The lowest BCUT2D eigenvalue weighted by atomic mass is 9.87. The van der Waals surface area contributed by atoms with Gasteiger partial charge in [0.15, 0.2) is 0 Å². The molecule has 2 aromatic rings. The van der Waals surface area contributed by atoms with Gasteiger partial charge in [0.2, 0.25) is 0 Å². The summed E-state index contributed by atoms with van der Waals surface area (Å²) in [4.78, 5) is 0. The average molecular weight is 524 g/mol. The molecule has 0 spiro atoms. The van der Waals surface area contributed by atoms with E-state index in [0.717, 1.165) is 32.3 Å². The van der Waals surface area contributed by atoms with Gasteiger partial charge in [-0.15, -0.1) is 0 Å². The number of ether oxygens (including phenoxy) is 3. The van der Waals surface area contributed by atoms with E-state index in [1.807, 2.05) is 12.1 Å². The first-order chi connectivity index (χ1) is 18.7. The summed E-state index contributed by atoms with van der Waals surface area (Å²) in [7, 11) is 0. The van der Waals surface area contributed by atoms with Crippen LogP contribution in [0.2, 0.25) is 0 Å². The molecular formula is C34H53NO3. The monoisotopic (exact) mass is 523 g/mol. The quantitative estimate of drug-likeness (QED) is 0.177. The van der Waals surface area contributed by atoms with Gasteiger partial charge in [0, 0.05) is 13.0 Å². The Labute approximate surface area is 232 Å². The van der Waals surface area contributed by atoms with Crippen LogP contribution in [0.25, 0.3) is 0 Å². The Balaban J connectivity index is 1.70. The molecule has 2 aromatic carbocycles. The molecule has 4 heteroatoms. The number of benzene rings is 2. The first-order valence-electron chi connectivity index (χ1n) is 15.4. The third-order valence-electron chi connectivity index (χ3n) is 8.02. The number of rotatable bonds is 20. The van der Waals surface area contributed by atoms with Crippen molar-refractivity contribution in [3.63, 3.8) is 0 Å². The van der Waals surface area contributed by atoms with Crippen LogP contribution >= 0.6 is 0 Å². The third-order valence-corrected chi connectivity index (χ3v) is 8.02. The van der Waals surface area contributed by atoms with Gasteiger partial charge >= 0.3 is 0 Å². The number of nitrogens with two attached hydrogens (primary N) is 1. The zero-order valence-electron chi connectivity index (χ0n) is 24.1. The van der Waals surface area contributed by atoms with E-state index in [4.69, 9.17) is 19.9 Å². The van der Waals surface area contributed by atoms with Gasteiger partial charge in [-0.2, -0.15) is 0 Å². The Kier molecular flexibility index (Phi) is 14.4. The largest absolute Gasteiger partial charge is 0.373 e. The van der Waals surface area contributed by atoms with Gasteiger partial charge in [-0.1, -0.05) is 139 Å². The Morgan fingerprint density at radius 3 is 1.79 bits per heavy atom. The Morgan fingerprint density at radius 2 is 1.18 bits per heavy atom. The molecule has 0 radical (unpaired) electrons. The van der Waals surface area contributed by atoms with E-state index < -0.39 is 5.54 Å². The molecule has 0 amide bonds. The maximum atomic E-state index is 7.34. The molecule has 0 heterocycles. The van der Waals surface area contributed by atoms with E-state index in [2.05, 4.69) is 62.4 Å². The minimum atomic E-state index is -0.551. The Bertz CT molecular complexity index is 845. The lowest BCUT2D eigenvalue weighted by molar-refractivity contribution is -0.0922. The summed E-state index contributed by atoms with van der Waals surface area (Å²) in [6.45, 7) is 6.39. The highest BCUT2D eigenvalue weighted by molar-refractivity contribution is 5.16. The van der Waals surface area contributed by atoms with Crippen molar-refractivity contribution >= 4 is 0 Å². The third kappa shape index (κ3) is 10.1. The maximum Gasteiger partial charge on any atom is 0.104 e. The van der Waals surface area contributed by atoms with Crippen LogP contribution in [0.1, 0.15) is 108 Å². The molecule has 4 unspecified atom stereocenters. The van der Waals surface area contributed by atoms with Crippen molar-refractivity contribution in [3.05, 3.63) is 71.8 Å². The standard InChI is InChI=1S/C34H53NO3/c1-3-5-7-9-10-18-24-34(35)32(38-28-30-22-16-13-17-23-30)26-31(37-27-29-20-14-12-15-21-29)33(34)36-25-19-11-8-6-4-2/h12-17,20-23,31-33H,3-11,18-19,24-28,35H2,1-2H3. The van der Waals surface area contributed by atoms with Crippen molar-refractivity contribution in [2.45, 2.75) is 134 Å². The topological polar surface area (TPSA) is 53.7 Å². The summed E-state index contributed by atoms with van der Waals surface area (Å²) in [6, 6.07) is 20.8. The highest BCUT2D eigenvalue weighted by atomic mass is 16.6. The predicted octanol–water partition coefficient (Wildman–Crippen LogP) is 8.36. The molecule has 212 valence electrons. The molecule has 1 saturated carbocycles. The summed E-state index contributed by atoms with van der Waals surface area (Å²) in [5.74, 6) is 0. The molecule has 0 aromatic heterocycles. The van der Waals surface area contributed by atoms with Crippen LogP contribution in [0.3, 0.4) is 0 Å². The summed E-state index contributed by atoms with van der Waals surface area (Å²) in [5, 5.41) is 0. The molecule has 2 N–H and O–H groups in total. The van der Waals surface area contributed by atoms with Gasteiger partial charge in [0.25, 0.3) is 0 Å². The molecule has 1 aliphatic rings. The zero-order chi connectivity index (χ0) is 26.9. The summed E-state index contributed by atoms with van der Waals surface area (Å²) in [6.07, 6.45) is 14.9. The van der Waals surface area contributed by atoms with Gasteiger partial charge in [0.05, 0.1) is 31.0 Å². The second-order valence-corrected chi connectivity index (χ2v) is 11.2. The Hall–Kier alpha value is -1.72. The highest BCUT2D eigenvalue weighted by Crippen LogP contribution is 2.40. The van der Waals surface area contributed by atoms with Crippen molar-refractivity contribution < 1.29 is 14.2 Å². The van der Waals surface area contributed by atoms with Crippen LogP contribution in [0.5, 0.6) is 0 Å². The SMILES string of the molecule is CCCCCCCCC1(N)C(OCc2ccccc2)CC(OCc2ccccc2)C1OCCCCCCC. The number of hydrogen-bond acceptors (Lipinski definition) is 4. The van der Waals surface area contributed by atoms with E-state index in [9.17, 15) is 0 Å². The fraction of sp³-hybridized carbons (Fsp3) is 0.647. The molecule has 38 heavy (non-hydrogen) atoms. The minimum Gasteiger partial charge on any atom is -0.373 e. The number of unbranched alkanes of at least 4 members (excludes halogenated alkanes) is 9. The maximum absolute atomic E-state index is 7.34. The zero-order valence-corrected chi connectivity index (χ0v) is 24.1. The van der Waals surface area contributed by atoms with E-state index >= 15 is 0 Å². The van der Waals surface area contributed by atoms with Crippen LogP contribution in [-0.2, 0) is 27.4 Å². The van der Waals surface area contributed by atoms with Crippen molar-refractivity contribution in [1.29, 1.82) is 0 Å². The van der Waals surface area contributed by atoms with Gasteiger partial charge < -0.3 is 19.9 Å². The van der Waals surface area contributed by atoms with E-state index in [1.165, 1.54) is 68.9 Å². The first kappa shape index (κ1) is 30.8. The molecule has 0 bridgehead atoms. The first-order valence-corrected chi connectivity index (χ1v) is 15.4. The Morgan fingerprint density at radius 1 is 0.658 bits per heavy atom. The van der Waals surface area contributed by atoms with Crippen LogP contribution in [-0.4, -0.2) is 30.5 Å². The molecule has 0 saturated heterocycles. The second-order valence-electron chi connectivity index (χ2n) is 11.2. The van der Waals surface area contributed by atoms with Gasteiger partial charge in [-0.05, 0) is 24.0 Å². The lowest BCUT2D eigenvalue weighted by Gasteiger charge is -2.37. The van der Waals surface area contributed by atoms with E-state index in [1.54, 1.807) is 0 Å². The molecule has 3 rings (SSSR count). The van der Waals surface area contributed by atoms with Crippen molar-refractivity contribution in [3.8, 4) is 0 Å². The fourth-order valence-corrected chi connectivity index (χ4v) is 5.70. The van der Waals surface area contributed by atoms with Crippen molar-refractivity contribution in [1.82, 2.24) is 0 Å². The summed E-state index contributed by atoms with van der Waals surface area (Å²) < 4.78 is 19.8. The van der Waals surface area contributed by atoms with Gasteiger partial charge in [-0.25, -0.2) is 0 Å². The van der Waals surface area contributed by atoms with Crippen molar-refractivity contribution in [2.24, 2.45) is 5.73 Å². The minimum absolute atomic E-state index is 0.0725. The second kappa shape index (κ2) is 17.8. The van der Waals surface area contributed by atoms with Crippen molar-refractivity contribution in [2.75, 3.05) is 6.61 Å². The summed E-state index contributed by atoms with van der Waals surface area (Å²) >= 11 is 0. The highest BCUT2D eigenvalue weighted by Gasteiger charge is 2.54. The molecule has 1 fully saturated rings. The number of hydrogen-bond donors (Lipinski definition) is 1. The van der Waals surface area contributed by atoms with Gasteiger partial charge in [-0.3, -0.25) is 0 Å². The van der Waals surface area contributed by atoms with Crippen LogP contribution in [0.15, 0.2) is 60.7 Å². The smallest absolute Gasteiger partial charge is 0.104 e. The van der Waals surface area contributed by atoms with Gasteiger partial charge in [0.1, 0.15) is 6.10 Å². The molecule has 4 nitrogen and oxygen atoms in total. The molecule has 0 aliphatic heterocycles. The normalized spacial score (nSPS) is 23.2. The summed E-state index contributed by atoms with van der Waals surface area (Å²) in [5.41, 5.74) is 9.15. The van der Waals surface area contributed by atoms with Crippen LogP contribution in [0.4, 0.5) is 0 Å². The predicted molar refractivity (Wildman–Crippen MR) is 158 cm³/mol. The van der Waals surface area contributed by atoms with E-state index in [0.29, 0.717) is 13.2 Å². The fourth-order valence-electron chi connectivity index (χ4n) is 5.70. The van der Waals surface area contributed by atoms with Crippen LogP contribution in [0, 0.1) is 0 Å². The molecular weight excluding hydrogens is 470 g/mol.